The highest BCUT2D eigenvalue weighted by atomic mass is 16.5. The molecule has 1 heterocycles. The minimum atomic E-state index is -0.0160. The molecule has 5 nitrogen and oxygen atoms in total. The highest BCUT2D eigenvalue weighted by Gasteiger charge is 2.09. The van der Waals surface area contributed by atoms with Crippen molar-refractivity contribution in [1.82, 2.24) is 10.5 Å². The molecule has 2 aromatic rings. The van der Waals surface area contributed by atoms with Gasteiger partial charge in [0.2, 0.25) is 5.91 Å². The van der Waals surface area contributed by atoms with Gasteiger partial charge >= 0.3 is 0 Å². The van der Waals surface area contributed by atoms with Crippen LogP contribution in [0.1, 0.15) is 23.4 Å². The highest BCUT2D eigenvalue weighted by molar-refractivity contribution is 5.75. The summed E-state index contributed by atoms with van der Waals surface area (Å²) < 4.78 is 10.6. The molecule has 5 heteroatoms. The lowest BCUT2D eigenvalue weighted by atomic mass is 10.1. The zero-order valence-corrected chi connectivity index (χ0v) is 12.4. The summed E-state index contributed by atoms with van der Waals surface area (Å²) in [5.74, 6) is 1.58. The molecular weight excluding hydrogens is 268 g/mol. The van der Waals surface area contributed by atoms with Crippen molar-refractivity contribution in [1.29, 1.82) is 0 Å². The number of hydrogen-bond acceptors (Lipinski definition) is 4. The topological polar surface area (TPSA) is 64.4 Å². The van der Waals surface area contributed by atoms with E-state index >= 15 is 0 Å². The molecule has 0 spiro atoms. The fraction of sp³-hybridized carbons (Fsp3) is 0.375. The zero-order chi connectivity index (χ0) is 15.1. The minimum absolute atomic E-state index is 0.0160. The maximum absolute atomic E-state index is 11.7. The van der Waals surface area contributed by atoms with Gasteiger partial charge in [0.15, 0.2) is 0 Å². The van der Waals surface area contributed by atoms with Gasteiger partial charge in [-0.25, -0.2) is 0 Å². The first-order valence-corrected chi connectivity index (χ1v) is 7.03. The molecule has 0 radical (unpaired) electrons. The van der Waals surface area contributed by atoms with Gasteiger partial charge in [0.05, 0.1) is 18.7 Å². The van der Waals surface area contributed by atoms with Gasteiger partial charge in [-0.1, -0.05) is 23.4 Å². The number of benzene rings is 1. The maximum Gasteiger partial charge on any atom is 0.223 e. The molecule has 1 aromatic heterocycles. The summed E-state index contributed by atoms with van der Waals surface area (Å²) in [7, 11) is 0. The first-order valence-electron chi connectivity index (χ1n) is 7.03. The molecule has 2 rings (SSSR count). The Labute approximate surface area is 124 Å². The summed E-state index contributed by atoms with van der Waals surface area (Å²) >= 11 is 0. The summed E-state index contributed by atoms with van der Waals surface area (Å²) in [6, 6.07) is 9.47. The second-order valence-electron chi connectivity index (χ2n) is 4.81. The van der Waals surface area contributed by atoms with Crippen LogP contribution in [0.25, 0.3) is 0 Å². The quantitative estimate of drug-likeness (QED) is 0.850. The van der Waals surface area contributed by atoms with E-state index in [-0.39, 0.29) is 5.91 Å². The summed E-state index contributed by atoms with van der Waals surface area (Å²) in [4.78, 5) is 11.7. The van der Waals surface area contributed by atoms with Crippen molar-refractivity contribution in [3.63, 3.8) is 0 Å². The second kappa shape index (κ2) is 7.47. The SMILES string of the molecule is Cc1noc(C)c1CCNC(=O)CCOc1ccccc1. The Morgan fingerprint density at radius 2 is 2.05 bits per heavy atom. The van der Waals surface area contributed by atoms with Crippen LogP contribution in [-0.4, -0.2) is 24.2 Å². The van der Waals surface area contributed by atoms with Gasteiger partial charge in [0.1, 0.15) is 11.5 Å². The Morgan fingerprint density at radius 3 is 2.71 bits per heavy atom. The normalized spacial score (nSPS) is 10.4. The number of carbonyl (C=O) groups is 1. The van der Waals surface area contributed by atoms with Crippen LogP contribution in [0.3, 0.4) is 0 Å². The molecule has 0 fully saturated rings. The van der Waals surface area contributed by atoms with E-state index in [0.29, 0.717) is 19.6 Å². The Bertz CT molecular complexity index is 559. The van der Waals surface area contributed by atoms with E-state index < -0.39 is 0 Å². The summed E-state index contributed by atoms with van der Waals surface area (Å²) in [5.41, 5.74) is 1.95. The van der Waals surface area contributed by atoms with Gasteiger partial charge in [0.25, 0.3) is 0 Å². The van der Waals surface area contributed by atoms with E-state index in [0.717, 1.165) is 29.2 Å². The summed E-state index contributed by atoms with van der Waals surface area (Å²) in [5, 5.41) is 6.76. The minimum Gasteiger partial charge on any atom is -0.493 e. The van der Waals surface area contributed by atoms with Gasteiger partial charge in [-0.15, -0.1) is 0 Å². The predicted molar refractivity (Wildman–Crippen MR) is 79.2 cm³/mol. The molecule has 1 amide bonds. The van der Waals surface area contributed by atoms with E-state index in [1.54, 1.807) is 0 Å². The number of nitrogens with zero attached hydrogens (tertiary/aromatic N) is 1. The Balaban J connectivity index is 1.64. The van der Waals surface area contributed by atoms with Gasteiger partial charge in [-0.2, -0.15) is 0 Å². The van der Waals surface area contributed by atoms with Crippen molar-refractivity contribution in [2.45, 2.75) is 26.7 Å². The van der Waals surface area contributed by atoms with Crippen molar-refractivity contribution < 1.29 is 14.1 Å². The van der Waals surface area contributed by atoms with Gasteiger partial charge in [0, 0.05) is 12.1 Å². The lowest BCUT2D eigenvalue weighted by Gasteiger charge is -2.07. The molecule has 0 aliphatic rings. The van der Waals surface area contributed by atoms with Crippen molar-refractivity contribution >= 4 is 5.91 Å². The Hall–Kier alpha value is -2.30. The zero-order valence-electron chi connectivity index (χ0n) is 12.4. The van der Waals surface area contributed by atoms with E-state index in [2.05, 4.69) is 10.5 Å². The first kappa shape index (κ1) is 15.1. The molecule has 0 unspecified atom stereocenters. The molecular formula is C16H20N2O3. The second-order valence-corrected chi connectivity index (χ2v) is 4.81. The molecule has 112 valence electrons. The Kier molecular flexibility index (Phi) is 5.37. The largest absolute Gasteiger partial charge is 0.493 e. The average molecular weight is 288 g/mol. The van der Waals surface area contributed by atoms with E-state index in [1.165, 1.54) is 0 Å². The monoisotopic (exact) mass is 288 g/mol. The first-order chi connectivity index (χ1) is 10.2. The van der Waals surface area contributed by atoms with Crippen LogP contribution in [-0.2, 0) is 11.2 Å². The van der Waals surface area contributed by atoms with Gasteiger partial charge in [-0.05, 0) is 32.4 Å². The lowest BCUT2D eigenvalue weighted by molar-refractivity contribution is -0.121. The lowest BCUT2D eigenvalue weighted by Crippen LogP contribution is -2.27. The van der Waals surface area contributed by atoms with Crippen LogP contribution >= 0.6 is 0 Å². The van der Waals surface area contributed by atoms with Gasteiger partial charge < -0.3 is 14.6 Å². The number of para-hydroxylation sites is 1. The van der Waals surface area contributed by atoms with Crippen LogP contribution in [0, 0.1) is 13.8 Å². The predicted octanol–water partition coefficient (Wildman–Crippen LogP) is 2.42. The maximum atomic E-state index is 11.7. The van der Waals surface area contributed by atoms with E-state index in [9.17, 15) is 4.79 Å². The summed E-state index contributed by atoms with van der Waals surface area (Å²) in [6.45, 7) is 4.74. The summed E-state index contributed by atoms with van der Waals surface area (Å²) in [6.07, 6.45) is 1.07. The molecule has 0 aliphatic heterocycles. The van der Waals surface area contributed by atoms with Crippen LogP contribution in [0.5, 0.6) is 5.75 Å². The molecule has 0 saturated carbocycles. The third kappa shape index (κ3) is 4.63. The number of aromatic nitrogens is 1. The molecule has 1 N–H and O–H groups in total. The van der Waals surface area contributed by atoms with E-state index in [4.69, 9.17) is 9.26 Å². The van der Waals surface area contributed by atoms with Crippen LogP contribution in [0.15, 0.2) is 34.9 Å². The third-order valence-electron chi connectivity index (χ3n) is 3.22. The van der Waals surface area contributed by atoms with Crippen molar-refractivity contribution in [3.05, 3.63) is 47.3 Å². The number of amides is 1. The molecule has 1 aromatic carbocycles. The number of rotatable bonds is 7. The van der Waals surface area contributed by atoms with Gasteiger partial charge in [-0.3, -0.25) is 4.79 Å². The van der Waals surface area contributed by atoms with Crippen molar-refractivity contribution in [2.24, 2.45) is 0 Å². The molecule has 0 aliphatic carbocycles. The molecule has 0 atom stereocenters. The Morgan fingerprint density at radius 1 is 1.29 bits per heavy atom. The van der Waals surface area contributed by atoms with Crippen molar-refractivity contribution in [2.75, 3.05) is 13.2 Å². The molecule has 0 saturated heterocycles. The fourth-order valence-corrected chi connectivity index (χ4v) is 2.05. The fourth-order valence-electron chi connectivity index (χ4n) is 2.05. The number of nitrogens with one attached hydrogen (secondary N) is 1. The number of ether oxygens (including phenoxy) is 1. The van der Waals surface area contributed by atoms with Crippen LogP contribution in [0.4, 0.5) is 0 Å². The van der Waals surface area contributed by atoms with E-state index in [1.807, 2.05) is 44.2 Å². The highest BCUT2D eigenvalue weighted by Crippen LogP contribution is 2.12. The molecule has 0 bridgehead atoms. The van der Waals surface area contributed by atoms with Crippen LogP contribution in [0.2, 0.25) is 0 Å². The molecule has 21 heavy (non-hydrogen) atoms. The smallest absolute Gasteiger partial charge is 0.223 e. The number of hydrogen-bond donors (Lipinski definition) is 1. The average Bonchev–Trinajstić information content (AvgIpc) is 2.80. The number of carbonyl (C=O) groups excluding carboxylic acids is 1. The van der Waals surface area contributed by atoms with Crippen LogP contribution < -0.4 is 10.1 Å². The number of aryl methyl sites for hydroxylation is 2. The third-order valence-corrected chi connectivity index (χ3v) is 3.22. The van der Waals surface area contributed by atoms with Crippen molar-refractivity contribution in [3.8, 4) is 5.75 Å². The standard InChI is InChI=1S/C16H20N2O3/c1-12-15(13(2)21-18-12)8-10-17-16(19)9-11-20-14-6-4-3-5-7-14/h3-7H,8-11H2,1-2H3,(H,17,19).